The molecule has 0 amide bonds. The van der Waals surface area contributed by atoms with Gasteiger partial charge in [-0.05, 0) is 48.9 Å². The summed E-state index contributed by atoms with van der Waals surface area (Å²) in [6, 6.07) is 0. The molecule has 15 heavy (non-hydrogen) atoms. The first kappa shape index (κ1) is 11.4. The Kier molecular flexibility index (Phi) is 3.09. The van der Waals surface area contributed by atoms with E-state index in [2.05, 4.69) is 13.8 Å². The highest BCUT2D eigenvalue weighted by Crippen LogP contribution is 2.57. The molecule has 0 aromatic carbocycles. The lowest BCUT2D eigenvalue weighted by Crippen LogP contribution is -2.41. The van der Waals surface area contributed by atoms with Crippen LogP contribution >= 0.6 is 0 Å². The van der Waals surface area contributed by atoms with Crippen LogP contribution in [0.4, 0.5) is 0 Å². The summed E-state index contributed by atoms with van der Waals surface area (Å²) in [4.78, 5) is 0. The quantitative estimate of drug-likeness (QED) is 0.736. The molecule has 2 saturated carbocycles. The average molecular weight is 212 g/mol. The first-order valence-electron chi connectivity index (χ1n) is 6.38. The van der Waals surface area contributed by atoms with Crippen LogP contribution < -0.4 is 0 Å². The summed E-state index contributed by atoms with van der Waals surface area (Å²) in [6.45, 7) is 4.78. The predicted molar refractivity (Wildman–Crippen MR) is 60.4 cm³/mol. The van der Waals surface area contributed by atoms with E-state index in [1.165, 1.54) is 12.8 Å². The smallest absolute Gasteiger partial charge is 0.0573 e. The third-order valence-electron chi connectivity index (χ3n) is 5.14. The lowest BCUT2D eigenvalue weighted by atomic mass is 9.62. The van der Waals surface area contributed by atoms with Crippen molar-refractivity contribution in [1.82, 2.24) is 0 Å². The standard InChI is InChI=1S/C13H24O2/c1-9(8-14)10-5-6-11-12(15)4-3-7-13(10,11)2/h9-12,14-15H,3-8H2,1-2H3/t9-,10-,11?,12?,13?/m1/s1. The first-order chi connectivity index (χ1) is 7.09. The fourth-order valence-corrected chi connectivity index (χ4v) is 4.25. The van der Waals surface area contributed by atoms with Crippen molar-refractivity contribution in [3.63, 3.8) is 0 Å². The molecular weight excluding hydrogens is 188 g/mol. The van der Waals surface area contributed by atoms with Gasteiger partial charge in [0.05, 0.1) is 6.10 Å². The Morgan fingerprint density at radius 2 is 2.07 bits per heavy atom. The van der Waals surface area contributed by atoms with Crippen LogP contribution in [0.15, 0.2) is 0 Å². The highest BCUT2D eigenvalue weighted by Gasteiger charge is 2.51. The SMILES string of the molecule is C[C@H](CO)[C@H]1CCC2C(O)CCCC21C. The highest BCUT2D eigenvalue weighted by atomic mass is 16.3. The zero-order valence-corrected chi connectivity index (χ0v) is 9.95. The van der Waals surface area contributed by atoms with E-state index in [9.17, 15) is 10.2 Å². The van der Waals surface area contributed by atoms with Crippen molar-refractivity contribution < 1.29 is 10.2 Å². The zero-order valence-electron chi connectivity index (χ0n) is 9.95. The maximum Gasteiger partial charge on any atom is 0.0573 e. The minimum atomic E-state index is -0.0837. The Labute approximate surface area is 92.7 Å². The van der Waals surface area contributed by atoms with Crippen molar-refractivity contribution >= 4 is 0 Å². The Hall–Kier alpha value is -0.0800. The molecule has 88 valence electrons. The van der Waals surface area contributed by atoms with Crippen molar-refractivity contribution in [1.29, 1.82) is 0 Å². The van der Waals surface area contributed by atoms with Crippen LogP contribution in [0.25, 0.3) is 0 Å². The number of aliphatic hydroxyl groups excluding tert-OH is 2. The largest absolute Gasteiger partial charge is 0.396 e. The topological polar surface area (TPSA) is 40.5 Å². The lowest BCUT2D eigenvalue weighted by molar-refractivity contribution is -0.0321. The van der Waals surface area contributed by atoms with Crippen molar-refractivity contribution in [3.8, 4) is 0 Å². The second-order valence-electron chi connectivity index (χ2n) is 5.92. The normalized spacial score (nSPS) is 47.6. The third kappa shape index (κ3) is 1.72. The first-order valence-corrected chi connectivity index (χ1v) is 6.38. The zero-order chi connectivity index (χ0) is 11.1. The summed E-state index contributed by atoms with van der Waals surface area (Å²) in [5.74, 6) is 1.50. The molecule has 3 unspecified atom stereocenters. The number of hydrogen-bond acceptors (Lipinski definition) is 2. The molecule has 2 fully saturated rings. The summed E-state index contributed by atoms with van der Waals surface area (Å²) in [5, 5.41) is 19.4. The number of rotatable bonds is 2. The minimum Gasteiger partial charge on any atom is -0.396 e. The van der Waals surface area contributed by atoms with Gasteiger partial charge in [-0.1, -0.05) is 20.3 Å². The van der Waals surface area contributed by atoms with E-state index < -0.39 is 0 Å². The van der Waals surface area contributed by atoms with Crippen LogP contribution in [-0.4, -0.2) is 22.9 Å². The van der Waals surface area contributed by atoms with E-state index in [0.717, 1.165) is 19.3 Å². The molecule has 2 aliphatic carbocycles. The Morgan fingerprint density at radius 1 is 1.33 bits per heavy atom. The summed E-state index contributed by atoms with van der Waals surface area (Å²) in [6.07, 6.45) is 5.65. The van der Waals surface area contributed by atoms with Crippen LogP contribution in [-0.2, 0) is 0 Å². The van der Waals surface area contributed by atoms with E-state index in [4.69, 9.17) is 0 Å². The fraction of sp³-hybridized carbons (Fsp3) is 1.00. The maximum atomic E-state index is 10.1. The molecule has 2 rings (SSSR count). The average Bonchev–Trinajstić information content (AvgIpc) is 2.56. The molecule has 2 heteroatoms. The van der Waals surface area contributed by atoms with Gasteiger partial charge in [0.25, 0.3) is 0 Å². The molecule has 0 aliphatic heterocycles. The van der Waals surface area contributed by atoms with Gasteiger partial charge in [-0.2, -0.15) is 0 Å². The van der Waals surface area contributed by atoms with Gasteiger partial charge in [0.15, 0.2) is 0 Å². The molecule has 2 nitrogen and oxygen atoms in total. The molecule has 5 atom stereocenters. The Balaban J connectivity index is 2.17. The van der Waals surface area contributed by atoms with Gasteiger partial charge >= 0.3 is 0 Å². The molecule has 0 aromatic rings. The van der Waals surface area contributed by atoms with E-state index in [1.807, 2.05) is 0 Å². The van der Waals surface area contributed by atoms with Crippen LogP contribution in [0, 0.1) is 23.2 Å². The van der Waals surface area contributed by atoms with Crippen LogP contribution in [0.2, 0.25) is 0 Å². The van der Waals surface area contributed by atoms with E-state index >= 15 is 0 Å². The summed E-state index contributed by atoms with van der Waals surface area (Å²) >= 11 is 0. The molecule has 0 spiro atoms. The second kappa shape index (κ2) is 4.06. The molecule has 2 aliphatic rings. The van der Waals surface area contributed by atoms with Crippen molar-refractivity contribution in [3.05, 3.63) is 0 Å². The molecule has 0 saturated heterocycles. The fourth-order valence-electron chi connectivity index (χ4n) is 4.25. The number of fused-ring (bicyclic) bond motifs is 1. The second-order valence-corrected chi connectivity index (χ2v) is 5.92. The van der Waals surface area contributed by atoms with Crippen LogP contribution in [0.3, 0.4) is 0 Å². The lowest BCUT2D eigenvalue weighted by Gasteiger charge is -2.45. The predicted octanol–water partition coefficient (Wildman–Crippen LogP) is 2.19. The van der Waals surface area contributed by atoms with E-state index in [-0.39, 0.29) is 6.10 Å². The van der Waals surface area contributed by atoms with Gasteiger partial charge in [-0.15, -0.1) is 0 Å². The minimum absolute atomic E-state index is 0.0837. The highest BCUT2D eigenvalue weighted by molar-refractivity contribution is 5.01. The monoisotopic (exact) mass is 212 g/mol. The molecule has 0 heterocycles. The molecule has 0 aromatic heterocycles. The molecule has 0 radical (unpaired) electrons. The Bertz CT molecular complexity index is 229. The van der Waals surface area contributed by atoms with Crippen molar-refractivity contribution in [2.75, 3.05) is 6.61 Å². The summed E-state index contributed by atoms with van der Waals surface area (Å²) in [5.41, 5.74) is 0.291. The van der Waals surface area contributed by atoms with Crippen LogP contribution in [0.1, 0.15) is 46.0 Å². The van der Waals surface area contributed by atoms with Crippen LogP contribution in [0.5, 0.6) is 0 Å². The number of hydrogen-bond donors (Lipinski definition) is 2. The van der Waals surface area contributed by atoms with E-state index in [0.29, 0.717) is 29.8 Å². The van der Waals surface area contributed by atoms with Gasteiger partial charge in [0.1, 0.15) is 0 Å². The summed E-state index contributed by atoms with van der Waals surface area (Å²) < 4.78 is 0. The Morgan fingerprint density at radius 3 is 2.73 bits per heavy atom. The maximum absolute atomic E-state index is 10.1. The van der Waals surface area contributed by atoms with Gasteiger partial charge in [-0.3, -0.25) is 0 Å². The van der Waals surface area contributed by atoms with E-state index in [1.54, 1.807) is 0 Å². The van der Waals surface area contributed by atoms with Crippen molar-refractivity contribution in [2.45, 2.75) is 52.1 Å². The summed E-state index contributed by atoms with van der Waals surface area (Å²) in [7, 11) is 0. The van der Waals surface area contributed by atoms with Crippen molar-refractivity contribution in [2.24, 2.45) is 23.2 Å². The number of aliphatic hydroxyl groups is 2. The molecule has 2 N–H and O–H groups in total. The molecular formula is C13H24O2. The third-order valence-corrected chi connectivity index (χ3v) is 5.14. The molecule has 0 bridgehead atoms. The van der Waals surface area contributed by atoms with Gasteiger partial charge < -0.3 is 10.2 Å². The van der Waals surface area contributed by atoms with Gasteiger partial charge in [-0.25, -0.2) is 0 Å². The van der Waals surface area contributed by atoms with Gasteiger partial charge in [0, 0.05) is 6.61 Å². The van der Waals surface area contributed by atoms with Gasteiger partial charge in [0.2, 0.25) is 0 Å².